The first-order valence-electron chi connectivity index (χ1n) is 8.99. The molecule has 2 aliphatic rings. The Balaban J connectivity index is 1.47. The van der Waals surface area contributed by atoms with Crippen LogP contribution in [0.4, 0.5) is 4.79 Å². The molecule has 2 atom stereocenters. The van der Waals surface area contributed by atoms with E-state index in [0.29, 0.717) is 12.8 Å². The molecule has 2 amide bonds. The summed E-state index contributed by atoms with van der Waals surface area (Å²) < 4.78 is 10.5. The standard InChI is InChI=1S/C21H21NO4S/c1-25-17-7-8-18-15(13-27-19(18)11-17)10-20(23)22-16(12-26-21(22)24)9-14-5-3-2-4-6-14/h2-8,11,15-16H,9-10,12-13H2,1H3/t15-,16+/m1/s1. The minimum absolute atomic E-state index is 0.106. The van der Waals surface area contributed by atoms with Crippen LogP contribution in [0.15, 0.2) is 53.4 Å². The number of cyclic esters (lactones) is 1. The topological polar surface area (TPSA) is 55.8 Å². The molecule has 0 spiro atoms. The third kappa shape index (κ3) is 3.67. The molecule has 0 bridgehead atoms. The van der Waals surface area contributed by atoms with Gasteiger partial charge in [0.1, 0.15) is 12.4 Å². The Morgan fingerprint density at radius 1 is 1.26 bits per heavy atom. The molecule has 0 aliphatic carbocycles. The Morgan fingerprint density at radius 2 is 2.07 bits per heavy atom. The second kappa shape index (κ2) is 7.64. The number of fused-ring (bicyclic) bond motifs is 1. The zero-order valence-electron chi connectivity index (χ0n) is 15.1. The summed E-state index contributed by atoms with van der Waals surface area (Å²) in [5.74, 6) is 1.60. The summed E-state index contributed by atoms with van der Waals surface area (Å²) in [5, 5.41) is 0. The number of carbonyl (C=O) groups is 2. The van der Waals surface area contributed by atoms with Crippen molar-refractivity contribution in [1.29, 1.82) is 0 Å². The van der Waals surface area contributed by atoms with Crippen LogP contribution in [0.2, 0.25) is 0 Å². The molecule has 0 aromatic heterocycles. The quantitative estimate of drug-likeness (QED) is 0.785. The van der Waals surface area contributed by atoms with Crippen LogP contribution in [-0.2, 0) is 16.0 Å². The number of amides is 2. The number of benzene rings is 2. The zero-order valence-corrected chi connectivity index (χ0v) is 15.9. The number of thioether (sulfide) groups is 1. The van der Waals surface area contributed by atoms with Crippen molar-refractivity contribution >= 4 is 23.8 Å². The smallest absolute Gasteiger partial charge is 0.416 e. The van der Waals surface area contributed by atoms with E-state index in [0.717, 1.165) is 27.5 Å². The van der Waals surface area contributed by atoms with E-state index >= 15 is 0 Å². The lowest BCUT2D eigenvalue weighted by Gasteiger charge is -2.21. The molecule has 0 radical (unpaired) electrons. The Bertz CT molecular complexity index is 855. The maximum absolute atomic E-state index is 12.9. The summed E-state index contributed by atoms with van der Waals surface area (Å²) in [5.41, 5.74) is 2.24. The van der Waals surface area contributed by atoms with Crippen molar-refractivity contribution in [2.24, 2.45) is 0 Å². The molecule has 140 valence electrons. The zero-order chi connectivity index (χ0) is 18.8. The lowest BCUT2D eigenvalue weighted by Crippen LogP contribution is -2.40. The van der Waals surface area contributed by atoms with Gasteiger partial charge in [-0.15, -0.1) is 11.8 Å². The highest BCUT2D eigenvalue weighted by Gasteiger charge is 2.39. The predicted octanol–water partition coefficient (Wildman–Crippen LogP) is 3.86. The average molecular weight is 383 g/mol. The van der Waals surface area contributed by atoms with Gasteiger partial charge in [-0.3, -0.25) is 4.79 Å². The van der Waals surface area contributed by atoms with Gasteiger partial charge in [0.15, 0.2) is 0 Å². The fourth-order valence-corrected chi connectivity index (χ4v) is 4.94. The molecule has 2 aromatic carbocycles. The summed E-state index contributed by atoms with van der Waals surface area (Å²) in [6.07, 6.45) is 0.402. The molecule has 2 aromatic rings. The molecule has 0 saturated carbocycles. The van der Waals surface area contributed by atoms with Crippen LogP contribution in [0.5, 0.6) is 5.75 Å². The molecule has 2 aliphatic heterocycles. The molecular weight excluding hydrogens is 362 g/mol. The van der Waals surface area contributed by atoms with Gasteiger partial charge in [-0.2, -0.15) is 0 Å². The first kappa shape index (κ1) is 17.9. The lowest BCUT2D eigenvalue weighted by atomic mass is 9.96. The Hall–Kier alpha value is -2.47. The Morgan fingerprint density at radius 3 is 2.85 bits per heavy atom. The van der Waals surface area contributed by atoms with Gasteiger partial charge in [-0.1, -0.05) is 36.4 Å². The van der Waals surface area contributed by atoms with Crippen LogP contribution >= 0.6 is 11.8 Å². The molecule has 4 rings (SSSR count). The van der Waals surface area contributed by atoms with Gasteiger partial charge in [0, 0.05) is 23.0 Å². The Kier molecular flexibility index (Phi) is 5.07. The van der Waals surface area contributed by atoms with E-state index in [1.165, 1.54) is 4.90 Å². The fraction of sp³-hybridized carbons (Fsp3) is 0.333. The van der Waals surface area contributed by atoms with Gasteiger partial charge >= 0.3 is 6.09 Å². The minimum atomic E-state index is -0.526. The van der Waals surface area contributed by atoms with Gasteiger partial charge in [-0.25, -0.2) is 9.69 Å². The van der Waals surface area contributed by atoms with E-state index in [1.807, 2.05) is 48.5 Å². The summed E-state index contributed by atoms with van der Waals surface area (Å²) in [6, 6.07) is 15.6. The SMILES string of the molecule is COc1ccc2c(c1)SC[C@H]2CC(=O)N1C(=O)OC[C@@H]1Cc1ccccc1. The maximum Gasteiger partial charge on any atom is 0.416 e. The highest BCUT2D eigenvalue weighted by atomic mass is 32.2. The average Bonchev–Trinajstić information content (AvgIpc) is 3.25. The molecule has 0 N–H and O–H groups in total. The first-order chi connectivity index (χ1) is 13.2. The van der Waals surface area contributed by atoms with Crippen molar-refractivity contribution in [2.45, 2.75) is 29.7 Å². The molecule has 5 nitrogen and oxygen atoms in total. The summed E-state index contributed by atoms with van der Waals surface area (Å²) >= 11 is 1.73. The van der Waals surface area contributed by atoms with E-state index in [-0.39, 0.29) is 24.5 Å². The van der Waals surface area contributed by atoms with E-state index in [4.69, 9.17) is 9.47 Å². The van der Waals surface area contributed by atoms with Crippen LogP contribution in [0.1, 0.15) is 23.5 Å². The van der Waals surface area contributed by atoms with Crippen molar-refractivity contribution in [1.82, 2.24) is 4.90 Å². The van der Waals surface area contributed by atoms with Crippen LogP contribution < -0.4 is 4.74 Å². The normalized spacial score (nSPS) is 21.1. The third-order valence-electron chi connectivity index (χ3n) is 5.07. The minimum Gasteiger partial charge on any atom is -0.497 e. The third-order valence-corrected chi connectivity index (χ3v) is 6.30. The molecular formula is C21H21NO4S. The number of hydrogen-bond acceptors (Lipinski definition) is 5. The monoisotopic (exact) mass is 383 g/mol. The van der Waals surface area contributed by atoms with Gasteiger partial charge in [-0.05, 0) is 29.7 Å². The van der Waals surface area contributed by atoms with Gasteiger partial charge in [0.25, 0.3) is 0 Å². The molecule has 1 fully saturated rings. The number of methoxy groups -OCH3 is 1. The molecule has 6 heteroatoms. The van der Waals surface area contributed by atoms with Crippen LogP contribution in [0.25, 0.3) is 0 Å². The lowest BCUT2D eigenvalue weighted by molar-refractivity contribution is -0.129. The highest BCUT2D eigenvalue weighted by Crippen LogP contribution is 2.43. The van der Waals surface area contributed by atoms with Crippen molar-refractivity contribution in [3.05, 3.63) is 59.7 Å². The molecule has 27 heavy (non-hydrogen) atoms. The van der Waals surface area contributed by atoms with Crippen molar-refractivity contribution < 1.29 is 19.1 Å². The second-order valence-electron chi connectivity index (χ2n) is 6.80. The van der Waals surface area contributed by atoms with Gasteiger partial charge < -0.3 is 9.47 Å². The number of nitrogens with zero attached hydrogens (tertiary/aromatic N) is 1. The van der Waals surface area contributed by atoms with Gasteiger partial charge in [0.2, 0.25) is 5.91 Å². The van der Waals surface area contributed by atoms with Crippen LogP contribution in [0.3, 0.4) is 0 Å². The largest absolute Gasteiger partial charge is 0.497 e. The maximum atomic E-state index is 12.9. The second-order valence-corrected chi connectivity index (χ2v) is 7.86. The van der Waals surface area contributed by atoms with Crippen molar-refractivity contribution in [2.75, 3.05) is 19.5 Å². The van der Waals surface area contributed by atoms with Crippen molar-refractivity contribution in [3.63, 3.8) is 0 Å². The van der Waals surface area contributed by atoms with E-state index < -0.39 is 6.09 Å². The molecule has 2 heterocycles. The van der Waals surface area contributed by atoms with Crippen LogP contribution in [0, 0.1) is 0 Å². The highest BCUT2D eigenvalue weighted by molar-refractivity contribution is 7.99. The van der Waals surface area contributed by atoms with E-state index in [9.17, 15) is 9.59 Å². The number of carbonyl (C=O) groups excluding carboxylic acids is 2. The van der Waals surface area contributed by atoms with E-state index in [1.54, 1.807) is 18.9 Å². The Labute approximate surface area is 162 Å². The number of rotatable bonds is 5. The first-order valence-corrected chi connectivity index (χ1v) is 9.97. The summed E-state index contributed by atoms with van der Waals surface area (Å²) in [7, 11) is 1.65. The summed E-state index contributed by atoms with van der Waals surface area (Å²) in [4.78, 5) is 27.6. The predicted molar refractivity (Wildman–Crippen MR) is 103 cm³/mol. The van der Waals surface area contributed by atoms with Gasteiger partial charge in [0.05, 0.1) is 13.2 Å². The molecule has 1 saturated heterocycles. The number of ether oxygens (including phenoxy) is 2. The summed E-state index contributed by atoms with van der Waals surface area (Å²) in [6.45, 7) is 0.257. The van der Waals surface area contributed by atoms with Crippen LogP contribution in [-0.4, -0.2) is 42.4 Å². The number of hydrogen-bond donors (Lipinski definition) is 0. The number of imide groups is 1. The fourth-order valence-electron chi connectivity index (χ4n) is 3.66. The van der Waals surface area contributed by atoms with Crippen molar-refractivity contribution in [3.8, 4) is 5.75 Å². The van der Waals surface area contributed by atoms with E-state index in [2.05, 4.69) is 0 Å². The molecule has 0 unspecified atom stereocenters.